The van der Waals surface area contributed by atoms with E-state index in [9.17, 15) is 19.7 Å². The molecule has 2 aromatic carbocycles. The normalized spacial score (nSPS) is 10.4. The topological polar surface area (TPSA) is 99.0 Å². The van der Waals surface area contributed by atoms with E-state index in [-0.39, 0.29) is 23.4 Å². The maximum absolute atomic E-state index is 12.4. The quantitative estimate of drug-likeness (QED) is 0.373. The molecule has 28 heavy (non-hydrogen) atoms. The van der Waals surface area contributed by atoms with Crippen molar-refractivity contribution in [1.29, 1.82) is 0 Å². The summed E-state index contributed by atoms with van der Waals surface area (Å²) in [5, 5.41) is 10.9. The van der Waals surface area contributed by atoms with Gasteiger partial charge in [-0.05, 0) is 25.5 Å². The highest BCUT2D eigenvalue weighted by Gasteiger charge is 2.20. The molecule has 2 rings (SSSR count). The Hall–Kier alpha value is -3.42. The van der Waals surface area contributed by atoms with Gasteiger partial charge in [-0.2, -0.15) is 0 Å². The minimum absolute atomic E-state index is 0.0383. The molecule has 0 aromatic heterocycles. The van der Waals surface area contributed by atoms with Gasteiger partial charge in [-0.1, -0.05) is 42.5 Å². The molecule has 0 N–H and O–H groups in total. The predicted octanol–water partition coefficient (Wildman–Crippen LogP) is 2.95. The van der Waals surface area contributed by atoms with Gasteiger partial charge in [-0.25, -0.2) is 4.79 Å². The highest BCUT2D eigenvalue weighted by molar-refractivity contribution is 5.81. The van der Waals surface area contributed by atoms with E-state index in [1.54, 1.807) is 11.0 Å². The van der Waals surface area contributed by atoms with Gasteiger partial charge < -0.3 is 14.4 Å². The summed E-state index contributed by atoms with van der Waals surface area (Å²) in [6.45, 7) is 3.20. The number of hydrogen-bond donors (Lipinski definition) is 0. The summed E-state index contributed by atoms with van der Waals surface area (Å²) < 4.78 is 10.1. The van der Waals surface area contributed by atoms with Crippen molar-refractivity contribution in [3.63, 3.8) is 0 Å². The van der Waals surface area contributed by atoms with Crippen molar-refractivity contribution in [3.8, 4) is 5.75 Å². The van der Waals surface area contributed by atoms with Crippen LogP contribution in [0.1, 0.15) is 19.4 Å². The van der Waals surface area contributed by atoms with Crippen LogP contribution in [0.25, 0.3) is 0 Å². The van der Waals surface area contributed by atoms with Crippen LogP contribution in [-0.4, -0.2) is 41.0 Å². The maximum Gasteiger partial charge on any atom is 0.344 e. The van der Waals surface area contributed by atoms with E-state index in [4.69, 9.17) is 9.47 Å². The van der Waals surface area contributed by atoms with Crippen molar-refractivity contribution in [2.24, 2.45) is 0 Å². The van der Waals surface area contributed by atoms with Crippen molar-refractivity contribution >= 4 is 17.6 Å². The first-order valence-electron chi connectivity index (χ1n) is 8.73. The highest BCUT2D eigenvalue weighted by Crippen LogP contribution is 2.25. The number of ether oxygens (including phenoxy) is 2. The molecule has 0 fully saturated rings. The Labute approximate surface area is 162 Å². The van der Waals surface area contributed by atoms with Crippen LogP contribution in [0.5, 0.6) is 5.75 Å². The summed E-state index contributed by atoms with van der Waals surface area (Å²) in [7, 11) is 0. The first-order valence-corrected chi connectivity index (χ1v) is 8.73. The van der Waals surface area contributed by atoms with Gasteiger partial charge in [0.15, 0.2) is 19.0 Å². The van der Waals surface area contributed by atoms with Gasteiger partial charge in [0, 0.05) is 18.7 Å². The lowest BCUT2D eigenvalue weighted by molar-refractivity contribution is -0.385. The monoisotopic (exact) mass is 386 g/mol. The molecule has 0 aliphatic heterocycles. The minimum Gasteiger partial charge on any atom is -0.475 e. The molecule has 148 valence electrons. The number of para-hydroxylation sites is 2. The third kappa shape index (κ3) is 6.08. The number of carbonyl (C=O) groups is 2. The summed E-state index contributed by atoms with van der Waals surface area (Å²) in [5.74, 6) is -1.16. The molecular formula is C20H22N2O6. The zero-order chi connectivity index (χ0) is 20.5. The highest BCUT2D eigenvalue weighted by atomic mass is 16.6. The van der Waals surface area contributed by atoms with E-state index in [0.717, 1.165) is 5.56 Å². The van der Waals surface area contributed by atoms with Crippen molar-refractivity contribution < 1.29 is 24.0 Å². The number of nitro benzene ring substituents is 1. The minimum atomic E-state index is -0.782. The van der Waals surface area contributed by atoms with E-state index in [0.29, 0.717) is 6.54 Å². The summed E-state index contributed by atoms with van der Waals surface area (Å²) >= 11 is 0. The van der Waals surface area contributed by atoms with Gasteiger partial charge in [0.2, 0.25) is 0 Å². The molecule has 0 atom stereocenters. The molecule has 0 aliphatic rings. The van der Waals surface area contributed by atoms with Gasteiger partial charge in [0.05, 0.1) is 4.92 Å². The van der Waals surface area contributed by atoms with Crippen molar-refractivity contribution in [1.82, 2.24) is 4.90 Å². The number of hydrogen-bond acceptors (Lipinski definition) is 6. The Morgan fingerprint density at radius 1 is 1.04 bits per heavy atom. The van der Waals surface area contributed by atoms with Crippen LogP contribution in [0, 0.1) is 10.1 Å². The number of nitro groups is 1. The summed E-state index contributed by atoms with van der Waals surface area (Å²) in [4.78, 5) is 36.2. The molecule has 2 aromatic rings. The average Bonchev–Trinajstić information content (AvgIpc) is 2.69. The Morgan fingerprint density at radius 2 is 1.68 bits per heavy atom. The van der Waals surface area contributed by atoms with Crippen LogP contribution < -0.4 is 4.74 Å². The lowest BCUT2D eigenvalue weighted by atomic mass is 10.2. The van der Waals surface area contributed by atoms with Gasteiger partial charge in [-0.15, -0.1) is 0 Å². The Morgan fingerprint density at radius 3 is 2.32 bits per heavy atom. The largest absolute Gasteiger partial charge is 0.475 e. The number of nitrogens with zero attached hydrogens (tertiary/aromatic N) is 2. The molecule has 0 saturated heterocycles. The van der Waals surface area contributed by atoms with Crippen molar-refractivity contribution in [2.75, 3.05) is 13.2 Å². The Balaban J connectivity index is 1.87. The SMILES string of the molecule is CC(C)N(Cc1ccccc1)C(=O)COC(=O)COc1ccccc1[N+](=O)[O-]. The van der Waals surface area contributed by atoms with E-state index in [2.05, 4.69) is 0 Å². The molecule has 0 radical (unpaired) electrons. The van der Waals surface area contributed by atoms with Gasteiger partial charge in [0.1, 0.15) is 0 Å². The van der Waals surface area contributed by atoms with E-state index < -0.39 is 24.1 Å². The van der Waals surface area contributed by atoms with E-state index in [1.807, 2.05) is 44.2 Å². The maximum atomic E-state index is 12.4. The molecule has 0 unspecified atom stereocenters. The van der Waals surface area contributed by atoms with Crippen LogP contribution in [0.15, 0.2) is 54.6 Å². The Bertz CT molecular complexity index is 822. The molecule has 0 aliphatic carbocycles. The number of rotatable bonds is 9. The second kappa shape index (κ2) is 10.1. The van der Waals surface area contributed by atoms with Crippen molar-refractivity contribution in [2.45, 2.75) is 26.4 Å². The second-order valence-electron chi connectivity index (χ2n) is 6.28. The lowest BCUT2D eigenvalue weighted by Gasteiger charge is -2.26. The van der Waals surface area contributed by atoms with Crippen LogP contribution in [0.4, 0.5) is 5.69 Å². The molecule has 0 spiro atoms. The fourth-order valence-corrected chi connectivity index (χ4v) is 2.47. The number of carbonyl (C=O) groups excluding carboxylic acids is 2. The van der Waals surface area contributed by atoms with Crippen LogP contribution >= 0.6 is 0 Å². The Kier molecular flexibility index (Phi) is 7.50. The average molecular weight is 386 g/mol. The molecule has 0 saturated carbocycles. The zero-order valence-corrected chi connectivity index (χ0v) is 15.7. The number of benzene rings is 2. The second-order valence-corrected chi connectivity index (χ2v) is 6.28. The molecular weight excluding hydrogens is 364 g/mol. The predicted molar refractivity (Wildman–Crippen MR) is 102 cm³/mol. The van der Waals surface area contributed by atoms with Crippen molar-refractivity contribution in [3.05, 3.63) is 70.3 Å². The first kappa shape index (κ1) is 20.9. The van der Waals surface area contributed by atoms with Gasteiger partial charge in [0.25, 0.3) is 5.91 Å². The van der Waals surface area contributed by atoms with E-state index in [1.165, 1.54) is 18.2 Å². The van der Waals surface area contributed by atoms with E-state index >= 15 is 0 Å². The van der Waals surface area contributed by atoms with Gasteiger partial charge >= 0.3 is 11.7 Å². The summed E-state index contributed by atoms with van der Waals surface area (Å²) in [5.41, 5.74) is 0.718. The first-order chi connectivity index (χ1) is 13.4. The smallest absolute Gasteiger partial charge is 0.344 e. The standard InChI is InChI=1S/C20H22N2O6/c1-15(2)21(12-16-8-4-3-5-9-16)19(23)13-28-20(24)14-27-18-11-7-6-10-17(18)22(25)26/h3-11,15H,12-14H2,1-2H3. The molecule has 8 nitrogen and oxygen atoms in total. The summed E-state index contributed by atoms with van der Waals surface area (Å²) in [6.07, 6.45) is 0. The van der Waals surface area contributed by atoms with Crippen LogP contribution in [-0.2, 0) is 20.9 Å². The lowest BCUT2D eigenvalue weighted by Crippen LogP contribution is -2.39. The molecule has 0 bridgehead atoms. The molecule has 8 heteroatoms. The fourth-order valence-electron chi connectivity index (χ4n) is 2.47. The third-order valence-electron chi connectivity index (χ3n) is 3.90. The third-order valence-corrected chi connectivity index (χ3v) is 3.90. The van der Waals surface area contributed by atoms with Crippen LogP contribution in [0.3, 0.4) is 0 Å². The zero-order valence-electron chi connectivity index (χ0n) is 15.7. The number of esters is 1. The fraction of sp³-hybridized carbons (Fsp3) is 0.300. The molecule has 0 heterocycles. The molecule has 1 amide bonds. The van der Waals surface area contributed by atoms with Gasteiger partial charge in [-0.3, -0.25) is 14.9 Å². The summed E-state index contributed by atoms with van der Waals surface area (Å²) in [6, 6.07) is 15.1. The van der Waals surface area contributed by atoms with Crippen LogP contribution in [0.2, 0.25) is 0 Å². The number of amides is 1.